The Hall–Kier alpha value is -1.56. The van der Waals surface area contributed by atoms with Gasteiger partial charge in [0.05, 0.1) is 5.92 Å². The number of carboxylic acids is 1. The van der Waals surface area contributed by atoms with Gasteiger partial charge in [0, 0.05) is 17.6 Å². The standard InChI is InChI=1S/C14H16BrNO4/c1-9(20-12-4-2-3-11(15)7-12)13(17)16-6-5-10(8-16)14(18)19/h2-4,7,9-10H,5-6,8H2,1H3,(H,18,19)/t9-,10-/m0/s1. The normalized spacial score (nSPS) is 19.7. The second-order valence-corrected chi connectivity index (χ2v) is 5.74. The second kappa shape index (κ2) is 6.26. The van der Waals surface area contributed by atoms with Gasteiger partial charge in [0.2, 0.25) is 0 Å². The van der Waals surface area contributed by atoms with Crippen molar-refractivity contribution >= 4 is 27.8 Å². The van der Waals surface area contributed by atoms with Gasteiger partial charge in [0.25, 0.3) is 5.91 Å². The summed E-state index contributed by atoms with van der Waals surface area (Å²) in [6.07, 6.45) is -0.123. The maximum Gasteiger partial charge on any atom is 0.308 e. The van der Waals surface area contributed by atoms with Gasteiger partial charge < -0.3 is 14.7 Å². The zero-order valence-corrected chi connectivity index (χ0v) is 12.7. The average molecular weight is 342 g/mol. The largest absolute Gasteiger partial charge is 0.481 e. The number of carbonyl (C=O) groups excluding carboxylic acids is 1. The molecule has 5 nitrogen and oxygen atoms in total. The molecule has 1 saturated heterocycles. The van der Waals surface area contributed by atoms with Crippen LogP contribution in [0, 0.1) is 5.92 Å². The lowest BCUT2D eigenvalue weighted by atomic mass is 10.1. The molecule has 2 atom stereocenters. The third kappa shape index (κ3) is 3.50. The Bertz CT molecular complexity index is 520. The molecule has 1 aromatic carbocycles. The molecule has 20 heavy (non-hydrogen) atoms. The summed E-state index contributed by atoms with van der Waals surface area (Å²) in [5.41, 5.74) is 0. The van der Waals surface area contributed by atoms with Gasteiger partial charge in [-0.25, -0.2) is 0 Å². The van der Waals surface area contributed by atoms with E-state index in [2.05, 4.69) is 15.9 Å². The minimum Gasteiger partial charge on any atom is -0.481 e. The molecule has 1 amide bonds. The van der Waals surface area contributed by atoms with Gasteiger partial charge >= 0.3 is 5.97 Å². The van der Waals surface area contributed by atoms with E-state index in [4.69, 9.17) is 9.84 Å². The Labute approximate surface area is 125 Å². The van der Waals surface area contributed by atoms with Gasteiger partial charge in [-0.2, -0.15) is 0 Å². The molecule has 0 aliphatic carbocycles. The molecule has 1 aromatic rings. The highest BCUT2D eigenvalue weighted by Crippen LogP contribution is 2.21. The quantitative estimate of drug-likeness (QED) is 0.911. The molecule has 1 fully saturated rings. The first kappa shape index (κ1) is 14.8. The van der Waals surface area contributed by atoms with Crippen LogP contribution in [0.4, 0.5) is 0 Å². The molecule has 0 radical (unpaired) electrons. The van der Waals surface area contributed by atoms with E-state index in [1.807, 2.05) is 12.1 Å². The minimum absolute atomic E-state index is 0.172. The third-order valence-corrected chi connectivity index (χ3v) is 3.80. The molecule has 1 aliphatic heterocycles. The van der Waals surface area contributed by atoms with Crippen molar-refractivity contribution in [3.05, 3.63) is 28.7 Å². The second-order valence-electron chi connectivity index (χ2n) is 4.83. The Morgan fingerprint density at radius 2 is 2.25 bits per heavy atom. The van der Waals surface area contributed by atoms with Crippen molar-refractivity contribution in [3.8, 4) is 5.75 Å². The number of ether oxygens (including phenoxy) is 1. The van der Waals surface area contributed by atoms with E-state index in [-0.39, 0.29) is 12.5 Å². The zero-order chi connectivity index (χ0) is 14.7. The fourth-order valence-electron chi connectivity index (χ4n) is 2.21. The van der Waals surface area contributed by atoms with Gasteiger partial charge in [-0.15, -0.1) is 0 Å². The SMILES string of the molecule is C[C@H](Oc1cccc(Br)c1)C(=O)N1CC[C@H](C(=O)O)C1. The van der Waals surface area contributed by atoms with Crippen LogP contribution in [-0.4, -0.2) is 41.1 Å². The van der Waals surface area contributed by atoms with Crippen LogP contribution in [0.2, 0.25) is 0 Å². The average Bonchev–Trinajstić information content (AvgIpc) is 2.87. The van der Waals surface area contributed by atoms with Crippen molar-refractivity contribution in [2.75, 3.05) is 13.1 Å². The van der Waals surface area contributed by atoms with Crippen LogP contribution in [-0.2, 0) is 9.59 Å². The number of aliphatic carboxylic acids is 1. The number of benzene rings is 1. The lowest BCUT2D eigenvalue weighted by Gasteiger charge is -2.21. The molecule has 0 spiro atoms. The lowest BCUT2D eigenvalue weighted by molar-refractivity contribution is -0.142. The van der Waals surface area contributed by atoms with Crippen LogP contribution in [0.15, 0.2) is 28.7 Å². The fourth-order valence-corrected chi connectivity index (χ4v) is 2.59. The molecule has 0 bridgehead atoms. The summed E-state index contributed by atoms with van der Waals surface area (Å²) < 4.78 is 6.47. The lowest BCUT2D eigenvalue weighted by Crippen LogP contribution is -2.39. The number of hydrogen-bond donors (Lipinski definition) is 1. The minimum atomic E-state index is -0.846. The maximum absolute atomic E-state index is 12.2. The van der Waals surface area contributed by atoms with E-state index in [0.29, 0.717) is 18.7 Å². The maximum atomic E-state index is 12.2. The monoisotopic (exact) mass is 341 g/mol. The Balaban J connectivity index is 1.94. The number of nitrogens with zero attached hydrogens (tertiary/aromatic N) is 1. The van der Waals surface area contributed by atoms with Gasteiger partial charge in [-0.3, -0.25) is 9.59 Å². The van der Waals surface area contributed by atoms with Crippen LogP contribution < -0.4 is 4.74 Å². The van der Waals surface area contributed by atoms with Crippen LogP contribution in [0.5, 0.6) is 5.75 Å². The summed E-state index contributed by atoms with van der Waals surface area (Å²) in [5, 5.41) is 8.94. The van der Waals surface area contributed by atoms with E-state index in [9.17, 15) is 9.59 Å². The zero-order valence-electron chi connectivity index (χ0n) is 11.1. The van der Waals surface area contributed by atoms with Crippen molar-refractivity contribution in [2.45, 2.75) is 19.4 Å². The van der Waals surface area contributed by atoms with E-state index < -0.39 is 18.0 Å². The van der Waals surface area contributed by atoms with Crippen molar-refractivity contribution < 1.29 is 19.4 Å². The Kier molecular flexibility index (Phi) is 4.65. The number of hydrogen-bond acceptors (Lipinski definition) is 3. The number of carboxylic acid groups (broad SMARTS) is 1. The van der Waals surface area contributed by atoms with E-state index in [0.717, 1.165) is 4.47 Å². The third-order valence-electron chi connectivity index (χ3n) is 3.31. The Morgan fingerprint density at radius 1 is 1.50 bits per heavy atom. The molecule has 2 rings (SSSR count). The van der Waals surface area contributed by atoms with Crippen molar-refractivity contribution in [1.29, 1.82) is 0 Å². The first-order chi connectivity index (χ1) is 9.47. The highest BCUT2D eigenvalue weighted by Gasteiger charge is 2.33. The molecular weight excluding hydrogens is 326 g/mol. The van der Waals surface area contributed by atoms with Crippen molar-refractivity contribution in [2.24, 2.45) is 5.92 Å². The highest BCUT2D eigenvalue weighted by molar-refractivity contribution is 9.10. The molecule has 1 aliphatic rings. The number of likely N-dealkylation sites (tertiary alicyclic amines) is 1. The van der Waals surface area contributed by atoms with Crippen LogP contribution in [0.3, 0.4) is 0 Å². The summed E-state index contributed by atoms with van der Waals surface area (Å²) in [7, 11) is 0. The topological polar surface area (TPSA) is 66.8 Å². The predicted molar refractivity (Wildman–Crippen MR) is 76.6 cm³/mol. The smallest absolute Gasteiger partial charge is 0.308 e. The van der Waals surface area contributed by atoms with E-state index in [1.165, 1.54) is 0 Å². The van der Waals surface area contributed by atoms with Gasteiger partial charge in [-0.05, 0) is 31.5 Å². The molecule has 0 aromatic heterocycles. The van der Waals surface area contributed by atoms with Gasteiger partial charge in [0.1, 0.15) is 5.75 Å². The fraction of sp³-hybridized carbons (Fsp3) is 0.429. The predicted octanol–water partition coefficient (Wildman–Crippen LogP) is 2.15. The molecule has 1 heterocycles. The summed E-state index contributed by atoms with van der Waals surface area (Å²) in [5.74, 6) is -0.874. The summed E-state index contributed by atoms with van der Waals surface area (Å²) >= 11 is 3.34. The molecule has 108 valence electrons. The molecular formula is C14H16BrNO4. The van der Waals surface area contributed by atoms with Gasteiger partial charge in [0.15, 0.2) is 6.10 Å². The molecule has 6 heteroatoms. The van der Waals surface area contributed by atoms with Gasteiger partial charge in [-0.1, -0.05) is 22.0 Å². The molecule has 0 saturated carbocycles. The van der Waals surface area contributed by atoms with Crippen LogP contribution in [0.1, 0.15) is 13.3 Å². The van der Waals surface area contributed by atoms with E-state index in [1.54, 1.807) is 24.0 Å². The molecule has 0 unspecified atom stereocenters. The Morgan fingerprint density at radius 3 is 2.85 bits per heavy atom. The van der Waals surface area contributed by atoms with E-state index >= 15 is 0 Å². The number of carbonyl (C=O) groups is 2. The van der Waals surface area contributed by atoms with Crippen molar-refractivity contribution in [1.82, 2.24) is 4.90 Å². The summed E-state index contributed by atoms with van der Waals surface area (Å²) in [6.45, 7) is 2.42. The first-order valence-corrected chi connectivity index (χ1v) is 7.20. The highest BCUT2D eigenvalue weighted by atomic mass is 79.9. The summed E-state index contributed by atoms with van der Waals surface area (Å²) in [6, 6.07) is 7.26. The number of rotatable bonds is 4. The first-order valence-electron chi connectivity index (χ1n) is 6.41. The van der Waals surface area contributed by atoms with Crippen LogP contribution in [0.25, 0.3) is 0 Å². The number of halogens is 1. The van der Waals surface area contributed by atoms with Crippen molar-refractivity contribution in [3.63, 3.8) is 0 Å². The van der Waals surface area contributed by atoms with Crippen LogP contribution >= 0.6 is 15.9 Å². The summed E-state index contributed by atoms with van der Waals surface area (Å²) in [4.78, 5) is 24.6. The molecule has 1 N–H and O–H groups in total. The number of amides is 1.